The molecule has 1 aromatic carbocycles. The number of benzene rings is 1. The highest BCUT2D eigenvalue weighted by atomic mass is 79.9. The molecule has 13 heavy (non-hydrogen) atoms. The standard InChI is InChI=1S/C9H10BrF2N/c10-6-1-2-7(8(12)5-6)9(13)3-4-11/h1-2,5,9H,3-4,13H2/t9-/m1/s1. The van der Waals surface area contributed by atoms with Crippen molar-refractivity contribution in [2.75, 3.05) is 6.67 Å². The molecule has 0 fully saturated rings. The highest BCUT2D eigenvalue weighted by molar-refractivity contribution is 9.10. The van der Waals surface area contributed by atoms with Gasteiger partial charge in [-0.25, -0.2) is 4.39 Å². The molecule has 1 nitrogen and oxygen atoms in total. The molecule has 0 aromatic heterocycles. The number of hydrogen-bond acceptors (Lipinski definition) is 1. The Morgan fingerprint density at radius 1 is 1.46 bits per heavy atom. The summed E-state index contributed by atoms with van der Waals surface area (Å²) in [6, 6.07) is 4.03. The van der Waals surface area contributed by atoms with Crippen LogP contribution in [-0.2, 0) is 0 Å². The second-order valence-electron chi connectivity index (χ2n) is 2.75. The molecule has 0 amide bonds. The van der Waals surface area contributed by atoms with Gasteiger partial charge in [0.05, 0.1) is 6.67 Å². The molecule has 0 saturated carbocycles. The van der Waals surface area contributed by atoms with Gasteiger partial charge in [0.25, 0.3) is 0 Å². The lowest BCUT2D eigenvalue weighted by Gasteiger charge is -2.10. The predicted octanol–water partition coefficient (Wildman–Crippen LogP) is 2.95. The Hall–Kier alpha value is -0.480. The summed E-state index contributed by atoms with van der Waals surface area (Å²) in [6.07, 6.45) is 0.151. The lowest BCUT2D eigenvalue weighted by Crippen LogP contribution is -2.12. The van der Waals surface area contributed by atoms with E-state index in [9.17, 15) is 8.78 Å². The van der Waals surface area contributed by atoms with Crippen LogP contribution < -0.4 is 5.73 Å². The average molecular weight is 250 g/mol. The van der Waals surface area contributed by atoms with Crippen LogP contribution in [0.25, 0.3) is 0 Å². The maximum absolute atomic E-state index is 13.2. The van der Waals surface area contributed by atoms with Gasteiger partial charge in [-0.1, -0.05) is 22.0 Å². The van der Waals surface area contributed by atoms with Crippen molar-refractivity contribution in [1.82, 2.24) is 0 Å². The topological polar surface area (TPSA) is 26.0 Å². The first-order chi connectivity index (χ1) is 6.15. The van der Waals surface area contributed by atoms with Crippen LogP contribution in [0.1, 0.15) is 18.0 Å². The minimum absolute atomic E-state index is 0.151. The zero-order chi connectivity index (χ0) is 9.84. The quantitative estimate of drug-likeness (QED) is 0.876. The zero-order valence-corrected chi connectivity index (χ0v) is 8.52. The van der Waals surface area contributed by atoms with Crippen molar-refractivity contribution in [2.24, 2.45) is 5.73 Å². The Morgan fingerprint density at radius 2 is 2.15 bits per heavy atom. The van der Waals surface area contributed by atoms with Crippen LogP contribution in [0.2, 0.25) is 0 Å². The molecular formula is C9H10BrF2N. The van der Waals surface area contributed by atoms with Gasteiger partial charge in [-0.05, 0) is 18.6 Å². The summed E-state index contributed by atoms with van der Waals surface area (Å²) < 4.78 is 25.8. The Bertz CT molecular complexity index is 291. The van der Waals surface area contributed by atoms with Crippen molar-refractivity contribution in [3.8, 4) is 0 Å². The molecule has 1 rings (SSSR count). The third-order valence-corrected chi connectivity index (χ3v) is 2.28. The van der Waals surface area contributed by atoms with Gasteiger partial charge >= 0.3 is 0 Å². The summed E-state index contributed by atoms with van der Waals surface area (Å²) in [6.45, 7) is -0.531. The molecule has 2 N–H and O–H groups in total. The van der Waals surface area contributed by atoms with E-state index in [0.717, 1.165) is 0 Å². The van der Waals surface area contributed by atoms with Crippen LogP contribution in [-0.4, -0.2) is 6.67 Å². The summed E-state index contributed by atoms with van der Waals surface area (Å²) >= 11 is 3.13. The Morgan fingerprint density at radius 3 is 2.69 bits per heavy atom. The minimum atomic E-state index is -0.557. The van der Waals surface area contributed by atoms with Gasteiger partial charge in [-0.2, -0.15) is 0 Å². The SMILES string of the molecule is N[C@H](CCF)c1ccc(Br)cc1F. The molecule has 0 bridgehead atoms. The molecule has 1 atom stereocenters. The van der Waals surface area contributed by atoms with E-state index >= 15 is 0 Å². The predicted molar refractivity (Wildman–Crippen MR) is 51.6 cm³/mol. The smallest absolute Gasteiger partial charge is 0.129 e. The fourth-order valence-corrected chi connectivity index (χ4v) is 1.41. The highest BCUT2D eigenvalue weighted by Crippen LogP contribution is 2.21. The number of rotatable bonds is 3. The van der Waals surface area contributed by atoms with Gasteiger partial charge in [-0.3, -0.25) is 4.39 Å². The number of nitrogens with two attached hydrogens (primary N) is 1. The first kappa shape index (κ1) is 10.6. The summed E-state index contributed by atoms with van der Waals surface area (Å²) in [7, 11) is 0. The second-order valence-corrected chi connectivity index (χ2v) is 3.67. The molecule has 0 heterocycles. The summed E-state index contributed by atoms with van der Waals surface area (Å²) in [5.41, 5.74) is 5.92. The summed E-state index contributed by atoms with van der Waals surface area (Å²) in [4.78, 5) is 0. The molecule has 4 heteroatoms. The van der Waals surface area contributed by atoms with Crippen LogP contribution in [0, 0.1) is 5.82 Å². The van der Waals surface area contributed by atoms with Crippen molar-refractivity contribution in [3.63, 3.8) is 0 Å². The molecule has 0 aliphatic rings. The molecule has 0 saturated heterocycles. The molecular weight excluding hydrogens is 240 g/mol. The summed E-state index contributed by atoms with van der Waals surface area (Å²) in [5, 5.41) is 0. The number of hydrogen-bond donors (Lipinski definition) is 1. The maximum Gasteiger partial charge on any atom is 0.129 e. The maximum atomic E-state index is 13.2. The van der Waals surface area contributed by atoms with Crippen LogP contribution in [0.4, 0.5) is 8.78 Å². The van der Waals surface area contributed by atoms with E-state index in [0.29, 0.717) is 10.0 Å². The van der Waals surface area contributed by atoms with Gasteiger partial charge < -0.3 is 5.73 Å². The van der Waals surface area contributed by atoms with E-state index in [1.54, 1.807) is 12.1 Å². The largest absolute Gasteiger partial charge is 0.324 e. The van der Waals surface area contributed by atoms with E-state index in [4.69, 9.17) is 5.73 Å². The summed E-state index contributed by atoms with van der Waals surface area (Å²) in [5.74, 6) is -0.393. The first-order valence-corrected chi connectivity index (χ1v) is 4.71. The van der Waals surface area contributed by atoms with Gasteiger partial charge in [-0.15, -0.1) is 0 Å². The molecule has 1 aromatic rings. The van der Waals surface area contributed by atoms with Gasteiger partial charge in [0.1, 0.15) is 5.82 Å². The third-order valence-electron chi connectivity index (χ3n) is 1.78. The van der Waals surface area contributed by atoms with Crippen molar-refractivity contribution in [2.45, 2.75) is 12.5 Å². The van der Waals surface area contributed by atoms with Crippen LogP contribution in [0.15, 0.2) is 22.7 Å². The van der Waals surface area contributed by atoms with Crippen molar-refractivity contribution < 1.29 is 8.78 Å². The van der Waals surface area contributed by atoms with Gasteiger partial charge in [0.15, 0.2) is 0 Å². The second kappa shape index (κ2) is 4.67. The van der Waals surface area contributed by atoms with Gasteiger partial charge in [0.2, 0.25) is 0 Å². The minimum Gasteiger partial charge on any atom is -0.324 e. The zero-order valence-electron chi connectivity index (χ0n) is 6.93. The van der Waals surface area contributed by atoms with Crippen LogP contribution >= 0.6 is 15.9 Å². The van der Waals surface area contributed by atoms with E-state index < -0.39 is 18.5 Å². The van der Waals surface area contributed by atoms with E-state index in [-0.39, 0.29) is 6.42 Å². The normalized spacial score (nSPS) is 12.9. The van der Waals surface area contributed by atoms with Crippen molar-refractivity contribution in [3.05, 3.63) is 34.1 Å². The van der Waals surface area contributed by atoms with Crippen LogP contribution in [0.5, 0.6) is 0 Å². The van der Waals surface area contributed by atoms with E-state index in [1.807, 2.05) is 0 Å². The Balaban J connectivity index is 2.88. The molecule has 0 unspecified atom stereocenters. The Labute approximate surface area is 84.1 Å². The van der Waals surface area contributed by atoms with Gasteiger partial charge in [0, 0.05) is 16.1 Å². The van der Waals surface area contributed by atoms with Crippen LogP contribution in [0.3, 0.4) is 0 Å². The number of halogens is 3. The highest BCUT2D eigenvalue weighted by Gasteiger charge is 2.10. The van der Waals surface area contributed by atoms with E-state index in [2.05, 4.69) is 15.9 Å². The lowest BCUT2D eigenvalue weighted by atomic mass is 10.1. The third kappa shape index (κ3) is 2.74. The van der Waals surface area contributed by atoms with E-state index in [1.165, 1.54) is 6.07 Å². The van der Waals surface area contributed by atoms with Crippen molar-refractivity contribution in [1.29, 1.82) is 0 Å². The molecule has 72 valence electrons. The molecule has 0 radical (unpaired) electrons. The molecule has 0 spiro atoms. The number of alkyl halides is 1. The molecule has 0 aliphatic carbocycles. The lowest BCUT2D eigenvalue weighted by molar-refractivity contribution is 0.435. The fraction of sp³-hybridized carbons (Fsp3) is 0.333. The fourth-order valence-electron chi connectivity index (χ4n) is 1.08. The molecule has 0 aliphatic heterocycles. The van der Waals surface area contributed by atoms with Crippen molar-refractivity contribution >= 4 is 15.9 Å². The monoisotopic (exact) mass is 249 g/mol. The Kier molecular flexibility index (Phi) is 3.81. The first-order valence-electron chi connectivity index (χ1n) is 3.91. The average Bonchev–Trinajstić information content (AvgIpc) is 2.04.